The lowest BCUT2D eigenvalue weighted by molar-refractivity contribution is 0.414. The lowest BCUT2D eigenvalue weighted by atomic mass is 10.2. The molecule has 0 aliphatic heterocycles. The van der Waals surface area contributed by atoms with Crippen LogP contribution in [-0.2, 0) is 6.54 Å². The molecule has 0 fully saturated rings. The summed E-state index contributed by atoms with van der Waals surface area (Å²) in [5.41, 5.74) is 2.26. The van der Waals surface area contributed by atoms with E-state index in [0.29, 0.717) is 6.54 Å². The number of nitrogens with one attached hydrogen (secondary N) is 1. The Labute approximate surface area is 101 Å². The molecule has 0 spiro atoms. The summed E-state index contributed by atoms with van der Waals surface area (Å²) in [5, 5.41) is 3.34. The third-order valence-electron chi connectivity index (χ3n) is 2.68. The van der Waals surface area contributed by atoms with Gasteiger partial charge in [0.25, 0.3) is 0 Å². The fourth-order valence-electron chi connectivity index (χ4n) is 1.72. The number of furan rings is 1. The number of aryl methyl sites for hydroxylation is 2. The molecular formula is C14H17NO2. The number of methoxy groups -OCH3 is 1. The van der Waals surface area contributed by atoms with Gasteiger partial charge in [-0.1, -0.05) is 0 Å². The minimum atomic E-state index is 0.695. The van der Waals surface area contributed by atoms with Gasteiger partial charge in [-0.2, -0.15) is 0 Å². The Morgan fingerprint density at radius 3 is 2.59 bits per heavy atom. The summed E-state index contributed by atoms with van der Waals surface area (Å²) in [7, 11) is 1.67. The van der Waals surface area contributed by atoms with Gasteiger partial charge in [0.05, 0.1) is 13.7 Å². The summed E-state index contributed by atoms with van der Waals surface area (Å²) in [5.74, 6) is 2.76. The molecular weight excluding hydrogens is 214 g/mol. The van der Waals surface area contributed by atoms with E-state index in [1.807, 2.05) is 37.3 Å². The average Bonchev–Trinajstić information content (AvgIpc) is 2.73. The van der Waals surface area contributed by atoms with Crippen LogP contribution in [0.2, 0.25) is 0 Å². The average molecular weight is 231 g/mol. The number of anilines is 1. The number of hydrogen-bond donors (Lipinski definition) is 1. The van der Waals surface area contributed by atoms with Gasteiger partial charge in [0.2, 0.25) is 0 Å². The molecule has 1 aromatic carbocycles. The number of ether oxygens (including phenoxy) is 1. The smallest absolute Gasteiger partial charge is 0.123 e. The zero-order valence-electron chi connectivity index (χ0n) is 10.4. The molecule has 2 aromatic rings. The minimum absolute atomic E-state index is 0.695. The molecule has 0 aliphatic rings. The molecule has 0 unspecified atom stereocenters. The minimum Gasteiger partial charge on any atom is -0.497 e. The van der Waals surface area contributed by atoms with E-state index >= 15 is 0 Å². The van der Waals surface area contributed by atoms with Crippen LogP contribution in [0.25, 0.3) is 0 Å². The van der Waals surface area contributed by atoms with Crippen molar-refractivity contribution in [3.05, 3.63) is 47.4 Å². The molecule has 0 saturated carbocycles. The third-order valence-corrected chi connectivity index (χ3v) is 2.68. The van der Waals surface area contributed by atoms with E-state index in [1.54, 1.807) is 7.11 Å². The summed E-state index contributed by atoms with van der Waals surface area (Å²) < 4.78 is 10.7. The molecule has 0 aliphatic carbocycles. The topological polar surface area (TPSA) is 34.4 Å². The van der Waals surface area contributed by atoms with E-state index in [1.165, 1.54) is 0 Å². The van der Waals surface area contributed by atoms with E-state index < -0.39 is 0 Å². The van der Waals surface area contributed by atoms with Crippen molar-refractivity contribution in [1.82, 2.24) is 0 Å². The van der Waals surface area contributed by atoms with Crippen molar-refractivity contribution in [3.63, 3.8) is 0 Å². The second-order valence-electron chi connectivity index (χ2n) is 4.05. The van der Waals surface area contributed by atoms with Gasteiger partial charge in [-0.05, 0) is 49.7 Å². The molecule has 17 heavy (non-hydrogen) atoms. The zero-order chi connectivity index (χ0) is 12.3. The molecule has 0 bridgehead atoms. The first-order valence-corrected chi connectivity index (χ1v) is 5.63. The first kappa shape index (κ1) is 11.6. The van der Waals surface area contributed by atoms with Crippen LogP contribution in [-0.4, -0.2) is 7.11 Å². The van der Waals surface area contributed by atoms with Gasteiger partial charge in [0.15, 0.2) is 0 Å². The van der Waals surface area contributed by atoms with Gasteiger partial charge in [-0.25, -0.2) is 0 Å². The molecule has 0 saturated heterocycles. The Morgan fingerprint density at radius 2 is 2.00 bits per heavy atom. The highest BCUT2D eigenvalue weighted by atomic mass is 16.5. The summed E-state index contributed by atoms with van der Waals surface area (Å²) >= 11 is 0. The SMILES string of the molecule is COc1ccc(NCc2ccc(C)o2)c(C)c1. The lowest BCUT2D eigenvalue weighted by Gasteiger charge is -2.09. The summed E-state index contributed by atoms with van der Waals surface area (Å²) in [6.45, 7) is 4.70. The maximum Gasteiger partial charge on any atom is 0.123 e. The van der Waals surface area contributed by atoms with Gasteiger partial charge in [0, 0.05) is 5.69 Å². The highest BCUT2D eigenvalue weighted by molar-refractivity contribution is 5.53. The summed E-state index contributed by atoms with van der Waals surface area (Å²) in [6.07, 6.45) is 0. The highest BCUT2D eigenvalue weighted by Gasteiger charge is 2.02. The Hall–Kier alpha value is -1.90. The van der Waals surface area contributed by atoms with Crippen LogP contribution in [0.3, 0.4) is 0 Å². The molecule has 0 radical (unpaired) electrons. The second-order valence-corrected chi connectivity index (χ2v) is 4.05. The van der Waals surface area contributed by atoms with Crippen LogP contribution < -0.4 is 10.1 Å². The molecule has 3 heteroatoms. The van der Waals surface area contributed by atoms with Crippen molar-refractivity contribution in [2.24, 2.45) is 0 Å². The Bertz CT molecular complexity index is 503. The van der Waals surface area contributed by atoms with Crippen LogP contribution in [0, 0.1) is 13.8 Å². The van der Waals surface area contributed by atoms with Crippen molar-refractivity contribution in [2.75, 3.05) is 12.4 Å². The van der Waals surface area contributed by atoms with Gasteiger partial charge in [-0.3, -0.25) is 0 Å². The molecule has 0 amide bonds. The van der Waals surface area contributed by atoms with E-state index in [9.17, 15) is 0 Å². The second kappa shape index (κ2) is 4.95. The maximum absolute atomic E-state index is 5.50. The van der Waals surface area contributed by atoms with E-state index in [0.717, 1.165) is 28.5 Å². The van der Waals surface area contributed by atoms with Crippen LogP contribution in [0.5, 0.6) is 5.75 Å². The Kier molecular flexibility index (Phi) is 3.38. The third kappa shape index (κ3) is 2.81. The Balaban J connectivity index is 2.04. The summed E-state index contributed by atoms with van der Waals surface area (Å²) in [6, 6.07) is 9.93. The highest BCUT2D eigenvalue weighted by Crippen LogP contribution is 2.21. The maximum atomic E-state index is 5.50. The van der Waals surface area contributed by atoms with E-state index in [-0.39, 0.29) is 0 Å². The van der Waals surface area contributed by atoms with Gasteiger partial charge < -0.3 is 14.5 Å². The fourth-order valence-corrected chi connectivity index (χ4v) is 1.72. The molecule has 3 nitrogen and oxygen atoms in total. The van der Waals surface area contributed by atoms with Gasteiger partial charge in [0.1, 0.15) is 17.3 Å². The van der Waals surface area contributed by atoms with Crippen LogP contribution in [0.1, 0.15) is 17.1 Å². The first-order valence-electron chi connectivity index (χ1n) is 5.63. The first-order chi connectivity index (χ1) is 8.19. The predicted molar refractivity (Wildman–Crippen MR) is 68.5 cm³/mol. The van der Waals surface area contributed by atoms with Gasteiger partial charge in [-0.15, -0.1) is 0 Å². The van der Waals surface area contributed by atoms with Crippen LogP contribution in [0.4, 0.5) is 5.69 Å². The number of rotatable bonds is 4. The van der Waals surface area contributed by atoms with Crippen LogP contribution in [0.15, 0.2) is 34.7 Å². The molecule has 1 N–H and O–H groups in total. The van der Waals surface area contributed by atoms with Crippen LogP contribution >= 0.6 is 0 Å². The van der Waals surface area contributed by atoms with Crippen molar-refractivity contribution in [2.45, 2.75) is 20.4 Å². The normalized spacial score (nSPS) is 10.3. The van der Waals surface area contributed by atoms with Crippen molar-refractivity contribution < 1.29 is 9.15 Å². The largest absolute Gasteiger partial charge is 0.497 e. The molecule has 1 heterocycles. The quantitative estimate of drug-likeness (QED) is 0.874. The monoisotopic (exact) mass is 231 g/mol. The number of hydrogen-bond acceptors (Lipinski definition) is 3. The predicted octanol–water partition coefficient (Wildman–Crippen LogP) is 3.52. The van der Waals surface area contributed by atoms with E-state index in [2.05, 4.69) is 12.2 Å². The lowest BCUT2D eigenvalue weighted by Crippen LogP contribution is -2.00. The van der Waals surface area contributed by atoms with E-state index in [4.69, 9.17) is 9.15 Å². The van der Waals surface area contributed by atoms with Crippen molar-refractivity contribution >= 4 is 5.69 Å². The Morgan fingerprint density at radius 1 is 1.18 bits per heavy atom. The zero-order valence-corrected chi connectivity index (χ0v) is 10.4. The molecule has 0 atom stereocenters. The van der Waals surface area contributed by atoms with Crippen molar-refractivity contribution in [1.29, 1.82) is 0 Å². The van der Waals surface area contributed by atoms with Crippen molar-refractivity contribution in [3.8, 4) is 5.75 Å². The number of benzene rings is 1. The summed E-state index contributed by atoms with van der Waals surface area (Å²) in [4.78, 5) is 0. The molecule has 1 aromatic heterocycles. The molecule has 90 valence electrons. The standard InChI is InChI=1S/C14H17NO2/c1-10-8-12(16-3)6-7-14(10)15-9-13-5-4-11(2)17-13/h4-8,15H,9H2,1-3H3. The molecule has 2 rings (SSSR count). The van der Waals surface area contributed by atoms with Gasteiger partial charge >= 0.3 is 0 Å². The fraction of sp³-hybridized carbons (Fsp3) is 0.286.